The van der Waals surface area contributed by atoms with Gasteiger partial charge in [-0.3, -0.25) is 4.99 Å². The highest BCUT2D eigenvalue weighted by atomic mass is 32.2. The number of nitrogens with one attached hydrogen (secondary N) is 2. The summed E-state index contributed by atoms with van der Waals surface area (Å²) in [5.41, 5.74) is 1.49. The first-order valence-corrected chi connectivity index (χ1v) is 7.96. The molecule has 104 valence electrons. The number of rotatable bonds is 4. The number of benzene rings is 1. The van der Waals surface area contributed by atoms with Crippen LogP contribution in [0.15, 0.2) is 28.1 Å². The molecule has 5 nitrogen and oxygen atoms in total. The van der Waals surface area contributed by atoms with Crippen molar-refractivity contribution in [3.8, 4) is 0 Å². The molecule has 0 atom stereocenters. The SMILES string of the molecule is CCCCCN=C1Nc2ccc(C)cc2S(=O)(=O)N1. The lowest BCUT2D eigenvalue weighted by Gasteiger charge is -2.21. The molecule has 0 amide bonds. The molecule has 0 aliphatic carbocycles. The van der Waals surface area contributed by atoms with Crippen molar-refractivity contribution in [2.24, 2.45) is 4.99 Å². The Kier molecular flexibility index (Phi) is 4.09. The van der Waals surface area contributed by atoms with Gasteiger partial charge in [-0.15, -0.1) is 0 Å². The molecule has 0 unspecified atom stereocenters. The van der Waals surface area contributed by atoms with Crippen molar-refractivity contribution in [1.29, 1.82) is 0 Å². The first-order chi connectivity index (χ1) is 9.03. The van der Waals surface area contributed by atoms with Gasteiger partial charge in [-0.25, -0.2) is 13.1 Å². The van der Waals surface area contributed by atoms with Crippen LogP contribution in [-0.4, -0.2) is 20.9 Å². The normalized spacial score (nSPS) is 18.5. The zero-order valence-electron chi connectivity index (χ0n) is 11.2. The van der Waals surface area contributed by atoms with E-state index in [1.54, 1.807) is 12.1 Å². The van der Waals surface area contributed by atoms with Crippen molar-refractivity contribution >= 4 is 21.7 Å². The van der Waals surface area contributed by atoms with Gasteiger partial charge in [0, 0.05) is 6.54 Å². The van der Waals surface area contributed by atoms with Crippen LogP contribution >= 0.6 is 0 Å². The Morgan fingerprint density at radius 2 is 2.05 bits per heavy atom. The van der Waals surface area contributed by atoms with E-state index in [1.165, 1.54) is 0 Å². The van der Waals surface area contributed by atoms with E-state index >= 15 is 0 Å². The molecule has 6 heteroatoms. The Morgan fingerprint density at radius 1 is 1.26 bits per heavy atom. The van der Waals surface area contributed by atoms with Crippen molar-refractivity contribution in [1.82, 2.24) is 4.72 Å². The number of fused-ring (bicyclic) bond motifs is 1. The highest BCUT2D eigenvalue weighted by Gasteiger charge is 2.26. The second-order valence-corrected chi connectivity index (χ2v) is 6.32. The van der Waals surface area contributed by atoms with Crippen LogP contribution in [0.3, 0.4) is 0 Å². The Labute approximate surface area is 114 Å². The van der Waals surface area contributed by atoms with Crippen molar-refractivity contribution in [3.63, 3.8) is 0 Å². The molecule has 1 aliphatic rings. The highest BCUT2D eigenvalue weighted by molar-refractivity contribution is 7.90. The molecular weight excluding hydrogens is 262 g/mol. The van der Waals surface area contributed by atoms with E-state index in [1.807, 2.05) is 13.0 Å². The number of nitrogens with zero attached hydrogens (tertiary/aromatic N) is 1. The number of hydrogen-bond donors (Lipinski definition) is 2. The third-order valence-electron chi connectivity index (χ3n) is 2.94. The number of anilines is 1. The fourth-order valence-electron chi connectivity index (χ4n) is 1.91. The van der Waals surface area contributed by atoms with Crippen molar-refractivity contribution in [3.05, 3.63) is 23.8 Å². The van der Waals surface area contributed by atoms with Crippen LogP contribution in [-0.2, 0) is 10.0 Å². The summed E-state index contributed by atoms with van der Waals surface area (Å²) in [5.74, 6) is 0.312. The van der Waals surface area contributed by atoms with Crippen LogP contribution in [0.2, 0.25) is 0 Å². The van der Waals surface area contributed by atoms with E-state index in [0.29, 0.717) is 18.2 Å². The molecule has 0 saturated heterocycles. The molecule has 19 heavy (non-hydrogen) atoms. The lowest BCUT2D eigenvalue weighted by molar-refractivity contribution is 0.591. The summed E-state index contributed by atoms with van der Waals surface area (Å²) < 4.78 is 26.6. The maximum absolute atomic E-state index is 12.1. The van der Waals surface area contributed by atoms with Gasteiger partial charge in [-0.05, 0) is 31.0 Å². The van der Waals surface area contributed by atoms with E-state index in [2.05, 4.69) is 22.0 Å². The summed E-state index contributed by atoms with van der Waals surface area (Å²) in [4.78, 5) is 4.53. The fourth-order valence-corrected chi connectivity index (χ4v) is 3.14. The standard InChI is InChI=1S/C13H19N3O2S/c1-3-4-5-8-14-13-15-11-7-6-10(2)9-12(11)19(17,18)16-13/h6-7,9H,3-5,8H2,1-2H3,(H2,14,15,16). The predicted octanol–water partition coefficient (Wildman–Crippen LogP) is 2.25. The summed E-state index contributed by atoms with van der Waals surface area (Å²) in [6.45, 7) is 4.61. The van der Waals surface area contributed by atoms with Crippen LogP contribution in [0, 0.1) is 6.92 Å². The molecule has 1 aromatic carbocycles. The minimum absolute atomic E-state index is 0.278. The van der Waals surface area contributed by atoms with Crippen LogP contribution < -0.4 is 10.0 Å². The van der Waals surface area contributed by atoms with Crippen molar-refractivity contribution in [2.75, 3.05) is 11.9 Å². The molecule has 0 radical (unpaired) electrons. The number of aliphatic imine (C=N–C) groups is 1. The van der Waals surface area contributed by atoms with E-state index in [9.17, 15) is 8.42 Å². The molecule has 2 rings (SSSR count). The molecule has 0 aromatic heterocycles. The quantitative estimate of drug-likeness (QED) is 0.832. The van der Waals surface area contributed by atoms with Crippen molar-refractivity contribution < 1.29 is 8.42 Å². The topological polar surface area (TPSA) is 70.6 Å². The summed E-state index contributed by atoms with van der Waals surface area (Å²) in [7, 11) is -3.50. The van der Waals surface area contributed by atoms with Gasteiger partial charge < -0.3 is 5.32 Å². The highest BCUT2D eigenvalue weighted by Crippen LogP contribution is 2.25. The van der Waals surface area contributed by atoms with E-state index in [-0.39, 0.29) is 4.90 Å². The Morgan fingerprint density at radius 3 is 2.79 bits per heavy atom. The third-order valence-corrected chi connectivity index (χ3v) is 4.32. The lowest BCUT2D eigenvalue weighted by atomic mass is 10.2. The Hall–Kier alpha value is -1.56. The smallest absolute Gasteiger partial charge is 0.266 e. The summed E-state index contributed by atoms with van der Waals surface area (Å²) in [6.07, 6.45) is 3.18. The molecule has 0 saturated carbocycles. The van der Waals surface area contributed by atoms with Crippen LogP contribution in [0.25, 0.3) is 0 Å². The second-order valence-electron chi connectivity index (χ2n) is 4.67. The van der Waals surface area contributed by atoms with Crippen LogP contribution in [0.4, 0.5) is 5.69 Å². The molecule has 2 N–H and O–H groups in total. The number of guanidine groups is 1. The summed E-state index contributed by atoms with van der Waals surface area (Å²) in [5, 5.41) is 3.02. The monoisotopic (exact) mass is 281 g/mol. The van der Waals surface area contributed by atoms with E-state index in [4.69, 9.17) is 0 Å². The van der Waals surface area contributed by atoms with Gasteiger partial charge in [0.25, 0.3) is 10.0 Å². The molecule has 0 bridgehead atoms. The molecule has 1 aromatic rings. The molecule has 0 spiro atoms. The van der Waals surface area contributed by atoms with Gasteiger partial charge in [0.2, 0.25) is 5.96 Å². The molecule has 0 fully saturated rings. The number of hydrogen-bond acceptors (Lipinski definition) is 3. The average Bonchev–Trinajstić information content (AvgIpc) is 2.35. The van der Waals surface area contributed by atoms with Gasteiger partial charge in [-0.1, -0.05) is 25.8 Å². The number of sulfonamides is 1. The first-order valence-electron chi connectivity index (χ1n) is 6.48. The molecular formula is C13H19N3O2S. The Balaban J connectivity index is 2.21. The summed E-state index contributed by atoms with van der Waals surface area (Å²) >= 11 is 0. The fraction of sp³-hybridized carbons (Fsp3) is 0.462. The van der Waals surface area contributed by atoms with E-state index in [0.717, 1.165) is 24.8 Å². The molecule has 1 aliphatic heterocycles. The summed E-state index contributed by atoms with van der Waals surface area (Å²) in [6, 6.07) is 5.30. The maximum atomic E-state index is 12.1. The maximum Gasteiger partial charge on any atom is 0.266 e. The van der Waals surface area contributed by atoms with Gasteiger partial charge in [0.1, 0.15) is 4.90 Å². The Bertz CT molecular complexity index is 594. The molecule has 1 heterocycles. The van der Waals surface area contributed by atoms with E-state index < -0.39 is 10.0 Å². The largest absolute Gasteiger partial charge is 0.324 e. The zero-order chi connectivity index (χ0) is 13.9. The zero-order valence-corrected chi connectivity index (χ0v) is 12.0. The number of unbranched alkanes of at least 4 members (excludes halogenated alkanes) is 2. The lowest BCUT2D eigenvalue weighted by Crippen LogP contribution is -2.40. The van der Waals surface area contributed by atoms with Crippen LogP contribution in [0.1, 0.15) is 31.7 Å². The first kappa shape index (κ1) is 13.9. The van der Waals surface area contributed by atoms with Gasteiger partial charge >= 0.3 is 0 Å². The minimum atomic E-state index is -3.50. The second kappa shape index (κ2) is 5.61. The number of aryl methyl sites for hydroxylation is 1. The van der Waals surface area contributed by atoms with Gasteiger partial charge in [-0.2, -0.15) is 0 Å². The van der Waals surface area contributed by atoms with Gasteiger partial charge in [0.15, 0.2) is 0 Å². The van der Waals surface area contributed by atoms with Crippen LogP contribution in [0.5, 0.6) is 0 Å². The van der Waals surface area contributed by atoms with Gasteiger partial charge in [0.05, 0.1) is 5.69 Å². The predicted molar refractivity (Wildman–Crippen MR) is 77.0 cm³/mol. The third kappa shape index (κ3) is 3.26. The average molecular weight is 281 g/mol. The van der Waals surface area contributed by atoms with Crippen molar-refractivity contribution in [2.45, 2.75) is 38.0 Å². The minimum Gasteiger partial charge on any atom is -0.324 e.